The minimum Gasteiger partial charge on any atom is -0.508 e. The van der Waals surface area contributed by atoms with Crippen LogP contribution in [0.4, 0.5) is 0 Å². The van der Waals surface area contributed by atoms with Crippen LogP contribution in [0.3, 0.4) is 0 Å². The first-order valence-electron chi connectivity index (χ1n) is 5.88. The molecule has 1 rings (SSSR count). The highest BCUT2D eigenvalue weighted by molar-refractivity contribution is 5.91. The highest BCUT2D eigenvalue weighted by Gasteiger charge is 2.28. The highest BCUT2D eigenvalue weighted by Crippen LogP contribution is 2.11. The highest BCUT2D eigenvalue weighted by atomic mass is 16.3. The van der Waals surface area contributed by atoms with Crippen LogP contribution < -0.4 is 16.8 Å². The molecular formula is C13H19N3O3. The van der Waals surface area contributed by atoms with E-state index < -0.39 is 23.4 Å². The first kappa shape index (κ1) is 15.0. The van der Waals surface area contributed by atoms with Gasteiger partial charge in [0.05, 0.1) is 6.04 Å². The predicted molar refractivity (Wildman–Crippen MR) is 71.2 cm³/mol. The van der Waals surface area contributed by atoms with Crippen LogP contribution >= 0.6 is 0 Å². The number of nitrogens with two attached hydrogens (primary N) is 2. The van der Waals surface area contributed by atoms with Gasteiger partial charge in [-0.2, -0.15) is 0 Å². The van der Waals surface area contributed by atoms with Gasteiger partial charge < -0.3 is 21.9 Å². The number of nitrogens with one attached hydrogen (secondary N) is 1. The molecule has 19 heavy (non-hydrogen) atoms. The molecule has 0 bridgehead atoms. The van der Waals surface area contributed by atoms with Crippen molar-refractivity contribution in [1.29, 1.82) is 0 Å². The summed E-state index contributed by atoms with van der Waals surface area (Å²) in [5, 5.41) is 11.7. The summed E-state index contributed by atoms with van der Waals surface area (Å²) in [5.41, 5.74) is 10.6. The van der Waals surface area contributed by atoms with Crippen molar-refractivity contribution < 1.29 is 14.7 Å². The van der Waals surface area contributed by atoms with E-state index in [1.807, 2.05) is 0 Å². The number of aromatic hydroxyl groups is 1. The van der Waals surface area contributed by atoms with Gasteiger partial charge in [0.25, 0.3) is 0 Å². The third-order valence-corrected chi connectivity index (χ3v) is 2.78. The summed E-state index contributed by atoms with van der Waals surface area (Å²) in [5.74, 6) is -0.925. The monoisotopic (exact) mass is 265 g/mol. The van der Waals surface area contributed by atoms with Crippen LogP contribution in [0.5, 0.6) is 5.75 Å². The largest absolute Gasteiger partial charge is 0.508 e. The molecule has 6 heteroatoms. The second kappa shape index (κ2) is 5.71. The molecule has 1 aromatic carbocycles. The number of primary amides is 1. The van der Waals surface area contributed by atoms with Gasteiger partial charge in [-0.25, -0.2) is 0 Å². The summed E-state index contributed by atoms with van der Waals surface area (Å²) >= 11 is 0. The Balaban J connectivity index is 2.63. The molecular weight excluding hydrogens is 246 g/mol. The number of phenolic OH excluding ortho intramolecular Hbond substituents is 1. The molecule has 6 nitrogen and oxygen atoms in total. The van der Waals surface area contributed by atoms with Crippen molar-refractivity contribution in [2.45, 2.75) is 31.8 Å². The third kappa shape index (κ3) is 4.26. The molecule has 0 saturated carbocycles. The van der Waals surface area contributed by atoms with Gasteiger partial charge in [0, 0.05) is 0 Å². The van der Waals surface area contributed by atoms with Gasteiger partial charge in [0.1, 0.15) is 11.3 Å². The fraction of sp³-hybridized carbons (Fsp3) is 0.385. The average molecular weight is 265 g/mol. The molecule has 0 radical (unpaired) electrons. The van der Waals surface area contributed by atoms with Crippen LogP contribution in [0.2, 0.25) is 0 Å². The van der Waals surface area contributed by atoms with Crippen LogP contribution in [0, 0.1) is 0 Å². The van der Waals surface area contributed by atoms with E-state index in [2.05, 4.69) is 5.32 Å². The van der Waals surface area contributed by atoms with E-state index in [9.17, 15) is 9.59 Å². The maximum atomic E-state index is 11.8. The van der Waals surface area contributed by atoms with Gasteiger partial charge in [0.2, 0.25) is 11.8 Å². The number of amides is 2. The van der Waals surface area contributed by atoms with Crippen LogP contribution in [0.15, 0.2) is 24.3 Å². The molecule has 0 aliphatic heterocycles. The third-order valence-electron chi connectivity index (χ3n) is 2.78. The minimum atomic E-state index is -1.14. The maximum absolute atomic E-state index is 11.8. The molecule has 0 fully saturated rings. The Bertz CT molecular complexity index is 469. The second-order valence-electron chi connectivity index (χ2n) is 4.96. The zero-order valence-electron chi connectivity index (χ0n) is 11.0. The number of hydrogen-bond acceptors (Lipinski definition) is 4. The fourth-order valence-electron chi connectivity index (χ4n) is 1.44. The SMILES string of the molecule is CC(C)(NC(=O)[C@@H](N)Cc1ccc(O)cc1)C(N)=O. The molecule has 0 saturated heterocycles. The lowest BCUT2D eigenvalue weighted by molar-refractivity contribution is -0.131. The minimum absolute atomic E-state index is 0.150. The van der Waals surface area contributed by atoms with E-state index in [-0.39, 0.29) is 5.75 Å². The molecule has 0 heterocycles. The summed E-state index contributed by atoms with van der Waals surface area (Å²) in [4.78, 5) is 23.0. The number of hydrogen-bond donors (Lipinski definition) is 4. The Kier molecular flexibility index (Phi) is 4.50. The number of rotatable bonds is 5. The molecule has 0 aliphatic carbocycles. The Hall–Kier alpha value is -2.08. The summed E-state index contributed by atoms with van der Waals surface area (Å²) in [7, 11) is 0. The number of phenols is 1. The van der Waals surface area contributed by atoms with Crippen molar-refractivity contribution in [2.24, 2.45) is 11.5 Å². The Morgan fingerprint density at radius 1 is 1.32 bits per heavy atom. The van der Waals surface area contributed by atoms with E-state index in [4.69, 9.17) is 16.6 Å². The van der Waals surface area contributed by atoms with Crippen molar-refractivity contribution in [3.8, 4) is 5.75 Å². The molecule has 0 spiro atoms. The quantitative estimate of drug-likeness (QED) is 0.581. The van der Waals surface area contributed by atoms with Gasteiger partial charge >= 0.3 is 0 Å². The van der Waals surface area contributed by atoms with Crippen LogP contribution in [-0.2, 0) is 16.0 Å². The second-order valence-corrected chi connectivity index (χ2v) is 4.96. The van der Waals surface area contributed by atoms with E-state index in [0.717, 1.165) is 5.56 Å². The van der Waals surface area contributed by atoms with E-state index in [0.29, 0.717) is 6.42 Å². The molecule has 104 valence electrons. The van der Waals surface area contributed by atoms with E-state index in [1.54, 1.807) is 12.1 Å². The standard InChI is InChI=1S/C13H19N3O3/c1-13(2,12(15)19)16-11(18)10(14)7-8-3-5-9(17)6-4-8/h3-6,10,17H,7,14H2,1-2H3,(H2,15,19)(H,16,18)/t10-/m0/s1. The van der Waals surface area contributed by atoms with Gasteiger partial charge in [0.15, 0.2) is 0 Å². The number of carbonyl (C=O) groups is 2. The van der Waals surface area contributed by atoms with Crippen LogP contribution in [-0.4, -0.2) is 28.5 Å². The molecule has 0 aromatic heterocycles. The van der Waals surface area contributed by atoms with Gasteiger partial charge in [-0.3, -0.25) is 9.59 Å². The number of carbonyl (C=O) groups excluding carboxylic acids is 2. The van der Waals surface area contributed by atoms with E-state index >= 15 is 0 Å². The Morgan fingerprint density at radius 2 is 1.84 bits per heavy atom. The molecule has 0 unspecified atom stereocenters. The van der Waals surface area contributed by atoms with Crippen molar-refractivity contribution in [3.63, 3.8) is 0 Å². The summed E-state index contributed by atoms with van der Waals surface area (Å²) < 4.78 is 0. The van der Waals surface area contributed by atoms with Crippen molar-refractivity contribution >= 4 is 11.8 Å². The topological polar surface area (TPSA) is 118 Å². The van der Waals surface area contributed by atoms with Crippen molar-refractivity contribution in [2.75, 3.05) is 0 Å². The zero-order chi connectivity index (χ0) is 14.6. The molecule has 6 N–H and O–H groups in total. The lowest BCUT2D eigenvalue weighted by Gasteiger charge is -2.24. The smallest absolute Gasteiger partial charge is 0.242 e. The number of benzene rings is 1. The lowest BCUT2D eigenvalue weighted by atomic mass is 10.0. The van der Waals surface area contributed by atoms with Crippen LogP contribution in [0.25, 0.3) is 0 Å². The molecule has 0 aliphatic rings. The molecule has 1 aromatic rings. The average Bonchev–Trinajstić information content (AvgIpc) is 2.31. The summed E-state index contributed by atoms with van der Waals surface area (Å²) in [6.45, 7) is 3.03. The predicted octanol–water partition coefficient (Wildman–Crippen LogP) is -0.358. The Labute approximate surface area is 111 Å². The van der Waals surface area contributed by atoms with Gasteiger partial charge in [-0.05, 0) is 38.0 Å². The van der Waals surface area contributed by atoms with E-state index in [1.165, 1.54) is 26.0 Å². The van der Waals surface area contributed by atoms with Crippen molar-refractivity contribution in [3.05, 3.63) is 29.8 Å². The van der Waals surface area contributed by atoms with Gasteiger partial charge in [-0.1, -0.05) is 12.1 Å². The molecule has 1 atom stereocenters. The van der Waals surface area contributed by atoms with Crippen LogP contribution in [0.1, 0.15) is 19.4 Å². The first-order chi connectivity index (χ1) is 8.72. The summed E-state index contributed by atoms with van der Waals surface area (Å²) in [6.07, 6.45) is 0.307. The normalized spacial score (nSPS) is 12.8. The fourth-order valence-corrected chi connectivity index (χ4v) is 1.44. The Morgan fingerprint density at radius 3 is 2.32 bits per heavy atom. The van der Waals surface area contributed by atoms with Gasteiger partial charge in [-0.15, -0.1) is 0 Å². The first-order valence-corrected chi connectivity index (χ1v) is 5.88. The maximum Gasteiger partial charge on any atom is 0.242 e. The van der Waals surface area contributed by atoms with Crippen molar-refractivity contribution in [1.82, 2.24) is 5.32 Å². The lowest BCUT2D eigenvalue weighted by Crippen LogP contribution is -2.57. The molecule has 2 amide bonds. The zero-order valence-corrected chi connectivity index (χ0v) is 11.0. The summed E-state index contributed by atoms with van der Waals surface area (Å²) in [6, 6.07) is 5.62.